The summed E-state index contributed by atoms with van der Waals surface area (Å²) in [7, 11) is 0. The molecule has 0 aromatic heterocycles. The summed E-state index contributed by atoms with van der Waals surface area (Å²) in [5.74, 6) is 0. The summed E-state index contributed by atoms with van der Waals surface area (Å²) in [6.07, 6.45) is -3.00. The lowest BCUT2D eigenvalue weighted by Gasteiger charge is -2.28. The van der Waals surface area contributed by atoms with Crippen LogP contribution in [0.25, 0.3) is 0 Å². The van der Waals surface area contributed by atoms with Crippen LogP contribution in [0.4, 0.5) is 17.6 Å². The van der Waals surface area contributed by atoms with Gasteiger partial charge < -0.3 is 0 Å². The second-order valence-electron chi connectivity index (χ2n) is 2.52. The maximum absolute atomic E-state index is 12.3. The molecule has 10 heavy (non-hydrogen) atoms. The van der Waals surface area contributed by atoms with E-state index in [0.717, 1.165) is 36.4 Å². The van der Waals surface area contributed by atoms with E-state index in [1.165, 1.54) is 0 Å². The Morgan fingerprint density at radius 1 is 1.20 bits per heavy atom. The van der Waals surface area contributed by atoms with Gasteiger partial charge in [0.25, 0.3) is 0 Å². The number of halogens is 5. The maximum Gasteiger partial charge on any atom is 0.306 e. The molecular weight excluding hydrogens is 263 g/mol. The summed E-state index contributed by atoms with van der Waals surface area (Å²) in [5, 5.41) is 0. The molecule has 5 heteroatoms. The third-order valence-corrected chi connectivity index (χ3v) is 2.67. The Morgan fingerprint density at radius 2 is 1.50 bits per heavy atom. The molecule has 0 aromatic carbocycles. The molecule has 0 fully saturated rings. The van der Waals surface area contributed by atoms with Gasteiger partial charge in [-0.2, -0.15) is 8.78 Å². The Morgan fingerprint density at radius 3 is 1.50 bits per heavy atom. The van der Waals surface area contributed by atoms with Crippen LogP contribution >= 0.6 is 22.6 Å². The quantitative estimate of drug-likeness (QED) is 0.410. The minimum absolute atomic E-state index is 0.721. The summed E-state index contributed by atoms with van der Waals surface area (Å²) < 4.78 is 44.8. The Hall–Kier alpha value is 0.450. The van der Waals surface area contributed by atoms with Crippen LogP contribution in [-0.4, -0.2) is 10.4 Å². The molecule has 0 atom stereocenters. The van der Waals surface area contributed by atoms with Crippen molar-refractivity contribution in [1.29, 1.82) is 0 Å². The minimum atomic E-state index is -3.36. The number of hydrogen-bond acceptors (Lipinski definition) is 0. The topological polar surface area (TPSA) is 0 Å². The Bertz CT molecular complexity index is 115. The molecule has 0 bridgehead atoms. The van der Waals surface area contributed by atoms with Crippen LogP contribution in [0.5, 0.6) is 0 Å². The van der Waals surface area contributed by atoms with Crippen molar-refractivity contribution in [3.63, 3.8) is 0 Å². The zero-order valence-electron chi connectivity index (χ0n) is 5.47. The fourth-order valence-electron chi connectivity index (χ4n) is 0.124. The molecule has 62 valence electrons. The summed E-state index contributed by atoms with van der Waals surface area (Å²) >= 11 is 0.721. The van der Waals surface area contributed by atoms with E-state index >= 15 is 0 Å². The zero-order chi connectivity index (χ0) is 8.58. The molecule has 0 amide bonds. The van der Waals surface area contributed by atoms with Crippen LogP contribution in [0, 0.1) is 5.41 Å². The highest BCUT2D eigenvalue weighted by Crippen LogP contribution is 2.45. The highest BCUT2D eigenvalue weighted by Gasteiger charge is 2.50. The lowest BCUT2D eigenvalue weighted by atomic mass is 9.95. The smallest absolute Gasteiger partial charge is 0.210 e. The summed E-state index contributed by atoms with van der Waals surface area (Å²) in [5.41, 5.74) is -2.24. The van der Waals surface area contributed by atoms with Crippen molar-refractivity contribution < 1.29 is 17.6 Å². The zero-order valence-corrected chi connectivity index (χ0v) is 7.62. The highest BCUT2D eigenvalue weighted by atomic mass is 127. The monoisotopic (exact) mass is 270 g/mol. The van der Waals surface area contributed by atoms with Gasteiger partial charge in [-0.25, -0.2) is 8.78 Å². The standard InChI is InChI=1S/C5H7F4I/c1-4(2,3(6)7)5(8,9)10/h3H,1-2H3. The van der Waals surface area contributed by atoms with Crippen LogP contribution in [0.15, 0.2) is 0 Å². The van der Waals surface area contributed by atoms with Gasteiger partial charge in [0.15, 0.2) is 0 Å². The molecule has 0 aliphatic rings. The van der Waals surface area contributed by atoms with E-state index in [-0.39, 0.29) is 0 Å². The lowest BCUT2D eigenvalue weighted by molar-refractivity contribution is -0.0968. The van der Waals surface area contributed by atoms with E-state index in [4.69, 9.17) is 0 Å². The van der Waals surface area contributed by atoms with Gasteiger partial charge in [-0.05, 0) is 36.4 Å². The summed E-state index contributed by atoms with van der Waals surface area (Å²) in [6.45, 7) is 1.67. The van der Waals surface area contributed by atoms with Crippen LogP contribution in [0.2, 0.25) is 0 Å². The van der Waals surface area contributed by atoms with Crippen molar-refractivity contribution in [3.8, 4) is 0 Å². The average molecular weight is 270 g/mol. The predicted octanol–water partition coefficient (Wildman–Crippen LogP) is 3.31. The first-order chi connectivity index (χ1) is 4.19. The van der Waals surface area contributed by atoms with Gasteiger partial charge in [-0.3, -0.25) is 0 Å². The third-order valence-electron chi connectivity index (χ3n) is 1.28. The number of alkyl halides is 5. The normalized spacial score (nSPS) is 14.4. The van der Waals surface area contributed by atoms with Gasteiger partial charge >= 0.3 is 3.93 Å². The van der Waals surface area contributed by atoms with Gasteiger partial charge in [-0.1, -0.05) is 0 Å². The van der Waals surface area contributed by atoms with Crippen molar-refractivity contribution >= 4 is 22.6 Å². The van der Waals surface area contributed by atoms with Crippen molar-refractivity contribution in [2.24, 2.45) is 5.41 Å². The summed E-state index contributed by atoms with van der Waals surface area (Å²) in [4.78, 5) is 0. The van der Waals surface area contributed by atoms with Gasteiger partial charge in [0.2, 0.25) is 6.43 Å². The van der Waals surface area contributed by atoms with Gasteiger partial charge in [0, 0.05) is 0 Å². The van der Waals surface area contributed by atoms with Crippen molar-refractivity contribution in [2.45, 2.75) is 24.2 Å². The van der Waals surface area contributed by atoms with Crippen LogP contribution in [0.3, 0.4) is 0 Å². The second kappa shape index (κ2) is 2.83. The second-order valence-corrected chi connectivity index (χ2v) is 3.87. The number of hydrogen-bond donors (Lipinski definition) is 0. The molecule has 0 heterocycles. The highest BCUT2D eigenvalue weighted by molar-refractivity contribution is 14.1. The van der Waals surface area contributed by atoms with Crippen molar-refractivity contribution in [3.05, 3.63) is 0 Å². The van der Waals surface area contributed by atoms with Crippen LogP contribution in [-0.2, 0) is 0 Å². The van der Waals surface area contributed by atoms with E-state index in [1.54, 1.807) is 0 Å². The number of rotatable bonds is 2. The van der Waals surface area contributed by atoms with Gasteiger partial charge in [-0.15, -0.1) is 0 Å². The molecule has 0 aromatic rings. The molecule has 0 radical (unpaired) electrons. The van der Waals surface area contributed by atoms with Crippen molar-refractivity contribution in [1.82, 2.24) is 0 Å². The fourth-order valence-corrected chi connectivity index (χ4v) is 0.359. The maximum atomic E-state index is 12.3. The average Bonchev–Trinajstić information content (AvgIpc) is 1.62. The van der Waals surface area contributed by atoms with Gasteiger partial charge in [0.05, 0.1) is 5.41 Å². The van der Waals surface area contributed by atoms with E-state index in [0.29, 0.717) is 0 Å². The summed E-state index contributed by atoms with van der Waals surface area (Å²) in [6, 6.07) is 0. The first kappa shape index (κ1) is 10.4. The minimum Gasteiger partial charge on any atom is -0.210 e. The molecular formula is C5H7F4I. The first-order valence-corrected chi connectivity index (χ1v) is 3.62. The van der Waals surface area contributed by atoms with E-state index in [9.17, 15) is 17.6 Å². The largest absolute Gasteiger partial charge is 0.306 e. The third kappa shape index (κ3) is 1.96. The Labute approximate surface area is 70.1 Å². The molecule has 0 saturated carbocycles. The van der Waals surface area contributed by atoms with Crippen LogP contribution < -0.4 is 0 Å². The van der Waals surface area contributed by atoms with E-state index in [2.05, 4.69) is 0 Å². The Balaban J connectivity index is 4.40. The van der Waals surface area contributed by atoms with Crippen LogP contribution in [0.1, 0.15) is 13.8 Å². The van der Waals surface area contributed by atoms with Crippen molar-refractivity contribution in [2.75, 3.05) is 0 Å². The molecule has 0 rings (SSSR count). The van der Waals surface area contributed by atoms with E-state index < -0.39 is 15.8 Å². The fraction of sp³-hybridized carbons (Fsp3) is 1.00. The lowest BCUT2D eigenvalue weighted by Crippen LogP contribution is -2.37. The van der Waals surface area contributed by atoms with Gasteiger partial charge in [0.1, 0.15) is 0 Å². The molecule has 0 N–H and O–H groups in total. The Kier molecular flexibility index (Phi) is 2.95. The molecule has 0 spiro atoms. The van der Waals surface area contributed by atoms with E-state index in [1.807, 2.05) is 0 Å². The predicted molar refractivity (Wildman–Crippen MR) is 38.8 cm³/mol. The molecule has 0 aliphatic carbocycles. The SMILES string of the molecule is CC(C)(C(F)F)C(F)(F)I. The molecule has 0 aliphatic heterocycles. The molecule has 0 saturated heterocycles. The molecule has 0 nitrogen and oxygen atoms in total. The first-order valence-electron chi connectivity index (χ1n) is 2.54. The molecule has 0 unspecified atom stereocenters.